The summed E-state index contributed by atoms with van der Waals surface area (Å²) in [7, 11) is 0. The molecule has 0 radical (unpaired) electrons. The van der Waals surface area contributed by atoms with Gasteiger partial charge in [0, 0.05) is 11.8 Å². The Bertz CT molecular complexity index is 93.1. The van der Waals surface area contributed by atoms with Gasteiger partial charge in [-0.05, 0) is 24.4 Å². The Morgan fingerprint density at radius 3 is 2.56 bits per heavy atom. The van der Waals surface area contributed by atoms with Gasteiger partial charge in [-0.1, -0.05) is 6.92 Å². The molecule has 0 saturated carbocycles. The minimum Gasteiger partial charge on any atom is -0.281 e. The van der Waals surface area contributed by atoms with E-state index in [1.165, 1.54) is 0 Å². The van der Waals surface area contributed by atoms with Gasteiger partial charge in [0.25, 0.3) is 0 Å². The van der Waals surface area contributed by atoms with E-state index in [1.807, 2.05) is 6.92 Å². The smallest absolute Gasteiger partial charge is 0.221 e. The van der Waals surface area contributed by atoms with E-state index in [4.69, 9.17) is 23.2 Å². The molecule has 0 spiro atoms. The van der Waals surface area contributed by atoms with Crippen molar-refractivity contribution < 1.29 is 4.79 Å². The number of rotatable bonds is 4. The van der Waals surface area contributed by atoms with E-state index in [2.05, 4.69) is 0 Å². The molecule has 0 aliphatic carbocycles. The summed E-state index contributed by atoms with van der Waals surface area (Å²) in [5.74, 6) is 0. The lowest BCUT2D eigenvalue weighted by Gasteiger charge is -2.00. The summed E-state index contributed by atoms with van der Waals surface area (Å²) in [5, 5.41) is -0.193. The molecule has 3 heteroatoms. The van der Waals surface area contributed by atoms with Gasteiger partial charge in [0.2, 0.25) is 5.24 Å². The first-order chi connectivity index (χ1) is 4.16. The van der Waals surface area contributed by atoms with Crippen LogP contribution in [0, 0.1) is 0 Å². The molecule has 0 fully saturated rings. The second-order valence-electron chi connectivity index (χ2n) is 1.90. The highest BCUT2D eigenvalue weighted by Gasteiger charge is 2.02. The minimum absolute atomic E-state index is 0.104. The van der Waals surface area contributed by atoms with E-state index < -0.39 is 0 Å². The molecule has 0 N–H and O–H groups in total. The van der Waals surface area contributed by atoms with Gasteiger partial charge in [-0.25, -0.2) is 0 Å². The van der Waals surface area contributed by atoms with Crippen molar-refractivity contribution in [1.82, 2.24) is 0 Å². The van der Waals surface area contributed by atoms with Crippen LogP contribution in [0.2, 0.25) is 0 Å². The zero-order valence-corrected chi connectivity index (χ0v) is 6.87. The molecule has 0 bridgehead atoms. The highest BCUT2D eigenvalue weighted by atomic mass is 35.5. The number of carbonyl (C=O) groups is 1. The lowest BCUT2D eigenvalue weighted by molar-refractivity contribution is -0.111. The van der Waals surface area contributed by atoms with Crippen LogP contribution in [0.4, 0.5) is 0 Å². The first kappa shape index (κ1) is 9.25. The van der Waals surface area contributed by atoms with Crippen LogP contribution >= 0.6 is 23.2 Å². The van der Waals surface area contributed by atoms with Crippen molar-refractivity contribution in [3.8, 4) is 0 Å². The zero-order valence-electron chi connectivity index (χ0n) is 5.36. The summed E-state index contributed by atoms with van der Waals surface area (Å²) in [6.45, 7) is 1.98. The van der Waals surface area contributed by atoms with Crippen LogP contribution in [0.3, 0.4) is 0 Å². The van der Waals surface area contributed by atoms with Crippen molar-refractivity contribution in [2.45, 2.75) is 31.6 Å². The van der Waals surface area contributed by atoms with E-state index >= 15 is 0 Å². The molecule has 0 aliphatic heterocycles. The molecule has 0 heterocycles. The van der Waals surface area contributed by atoms with Gasteiger partial charge >= 0.3 is 0 Å². The number of alkyl halides is 1. The highest BCUT2D eigenvalue weighted by molar-refractivity contribution is 6.63. The SMILES string of the molecule is CC[C@@H](Cl)CCC(=O)Cl. The van der Waals surface area contributed by atoms with Crippen molar-refractivity contribution >= 4 is 28.4 Å². The molecule has 0 amide bonds. The molecule has 0 unspecified atom stereocenters. The lowest BCUT2D eigenvalue weighted by atomic mass is 10.2. The zero-order chi connectivity index (χ0) is 7.28. The van der Waals surface area contributed by atoms with Gasteiger partial charge in [-0.2, -0.15) is 0 Å². The summed E-state index contributed by atoms with van der Waals surface area (Å²) >= 11 is 10.8. The van der Waals surface area contributed by atoms with E-state index in [-0.39, 0.29) is 10.6 Å². The number of carbonyl (C=O) groups excluding carboxylic acids is 1. The summed E-state index contributed by atoms with van der Waals surface area (Å²) in [4.78, 5) is 10.2. The van der Waals surface area contributed by atoms with Crippen LogP contribution in [0.5, 0.6) is 0 Å². The molecule has 1 atom stereocenters. The second-order valence-corrected chi connectivity index (χ2v) is 2.94. The summed E-state index contributed by atoms with van der Waals surface area (Å²) in [5.41, 5.74) is 0. The van der Waals surface area contributed by atoms with Gasteiger partial charge < -0.3 is 0 Å². The largest absolute Gasteiger partial charge is 0.281 e. The number of hydrogen-bond acceptors (Lipinski definition) is 1. The van der Waals surface area contributed by atoms with E-state index in [0.29, 0.717) is 12.8 Å². The first-order valence-electron chi connectivity index (χ1n) is 2.99. The summed E-state index contributed by atoms with van der Waals surface area (Å²) in [6.07, 6.45) is 1.98. The maximum Gasteiger partial charge on any atom is 0.221 e. The molecule has 9 heavy (non-hydrogen) atoms. The maximum absolute atomic E-state index is 10.2. The normalized spacial score (nSPS) is 13.2. The molecule has 0 rings (SSSR count). The Morgan fingerprint density at radius 1 is 1.67 bits per heavy atom. The predicted molar refractivity (Wildman–Crippen MR) is 40.0 cm³/mol. The van der Waals surface area contributed by atoms with Crippen LogP contribution < -0.4 is 0 Å². The van der Waals surface area contributed by atoms with Crippen molar-refractivity contribution in [3.05, 3.63) is 0 Å². The van der Waals surface area contributed by atoms with Gasteiger partial charge in [-0.3, -0.25) is 4.79 Å². The molecular weight excluding hydrogens is 159 g/mol. The third-order valence-corrected chi connectivity index (χ3v) is 1.81. The van der Waals surface area contributed by atoms with Gasteiger partial charge in [0.05, 0.1) is 0 Å². The van der Waals surface area contributed by atoms with Gasteiger partial charge in [0.1, 0.15) is 0 Å². The average Bonchev–Trinajstić information content (AvgIpc) is 1.83. The molecule has 0 aromatic rings. The lowest BCUT2D eigenvalue weighted by Crippen LogP contribution is -1.98. The first-order valence-corrected chi connectivity index (χ1v) is 3.80. The predicted octanol–water partition coefficient (Wildman–Crippen LogP) is 2.55. The molecule has 0 aromatic heterocycles. The number of halogens is 2. The van der Waals surface area contributed by atoms with Crippen LogP contribution in [0.15, 0.2) is 0 Å². The highest BCUT2D eigenvalue weighted by Crippen LogP contribution is 2.09. The average molecular weight is 169 g/mol. The van der Waals surface area contributed by atoms with Crippen LogP contribution in [-0.4, -0.2) is 10.6 Å². The second kappa shape index (κ2) is 5.07. The third kappa shape index (κ3) is 6.13. The quantitative estimate of drug-likeness (QED) is 0.466. The summed E-state index contributed by atoms with van der Waals surface area (Å²) < 4.78 is 0. The van der Waals surface area contributed by atoms with E-state index in [9.17, 15) is 4.79 Å². The van der Waals surface area contributed by atoms with Crippen LogP contribution in [0.25, 0.3) is 0 Å². The minimum atomic E-state index is -0.297. The molecule has 0 aromatic carbocycles. The standard InChI is InChI=1S/C6H10Cl2O/c1-2-5(7)3-4-6(8)9/h5H,2-4H2,1H3/t5-/m1/s1. The fourth-order valence-corrected chi connectivity index (χ4v) is 0.692. The Kier molecular flexibility index (Phi) is 5.21. The van der Waals surface area contributed by atoms with Crippen molar-refractivity contribution in [3.63, 3.8) is 0 Å². The van der Waals surface area contributed by atoms with E-state index in [0.717, 1.165) is 6.42 Å². The van der Waals surface area contributed by atoms with Crippen molar-refractivity contribution in [2.75, 3.05) is 0 Å². The Balaban J connectivity index is 3.16. The fraction of sp³-hybridized carbons (Fsp3) is 0.833. The van der Waals surface area contributed by atoms with Crippen molar-refractivity contribution in [2.24, 2.45) is 0 Å². The van der Waals surface area contributed by atoms with Crippen LogP contribution in [0.1, 0.15) is 26.2 Å². The van der Waals surface area contributed by atoms with Crippen LogP contribution in [-0.2, 0) is 4.79 Å². The van der Waals surface area contributed by atoms with E-state index in [1.54, 1.807) is 0 Å². The molecule has 0 saturated heterocycles. The molecule has 54 valence electrons. The number of hydrogen-bond donors (Lipinski definition) is 0. The van der Waals surface area contributed by atoms with Crippen molar-refractivity contribution in [1.29, 1.82) is 0 Å². The van der Waals surface area contributed by atoms with Gasteiger partial charge in [0.15, 0.2) is 0 Å². The fourth-order valence-electron chi connectivity index (χ4n) is 0.474. The Labute approximate surface area is 65.3 Å². The Morgan fingerprint density at radius 2 is 2.22 bits per heavy atom. The van der Waals surface area contributed by atoms with Gasteiger partial charge in [-0.15, -0.1) is 11.6 Å². The molecule has 0 aliphatic rings. The summed E-state index contributed by atoms with van der Waals surface area (Å²) in [6, 6.07) is 0. The topological polar surface area (TPSA) is 17.1 Å². The molecular formula is C6H10Cl2O. The third-order valence-electron chi connectivity index (χ3n) is 1.10. The monoisotopic (exact) mass is 168 g/mol. The maximum atomic E-state index is 10.2. The Hall–Kier alpha value is 0.250. The molecule has 1 nitrogen and oxygen atoms in total.